The summed E-state index contributed by atoms with van der Waals surface area (Å²) in [5.74, 6) is -0.142. The van der Waals surface area contributed by atoms with Gasteiger partial charge in [-0.1, -0.05) is 31.4 Å². The first kappa shape index (κ1) is 13.7. The van der Waals surface area contributed by atoms with E-state index in [1.54, 1.807) is 12.2 Å². The lowest BCUT2D eigenvalue weighted by Crippen LogP contribution is -2.46. The molecule has 1 atom stereocenters. The van der Waals surface area contributed by atoms with Crippen molar-refractivity contribution in [2.45, 2.75) is 6.10 Å². The lowest BCUT2D eigenvalue weighted by atomic mass is 10.2. The Morgan fingerprint density at radius 3 is 2.94 bits per heavy atom. The second-order valence-corrected chi connectivity index (χ2v) is 4.03. The Bertz CT molecular complexity index is 323. The number of carbonyl (C=O) groups excluding carboxylic acids is 1. The summed E-state index contributed by atoms with van der Waals surface area (Å²) in [6, 6.07) is 0. The van der Waals surface area contributed by atoms with Gasteiger partial charge in [-0.05, 0) is 7.05 Å². The molecule has 94 valence electrons. The zero-order valence-corrected chi connectivity index (χ0v) is 10.3. The number of carbonyl (C=O) groups is 1. The summed E-state index contributed by atoms with van der Waals surface area (Å²) < 4.78 is 5.55. The normalized spacial score (nSPS) is 21.9. The maximum Gasteiger partial charge on any atom is 0.251 e. The van der Waals surface area contributed by atoms with Crippen LogP contribution < -0.4 is 5.32 Å². The number of nitrogens with zero attached hydrogens (tertiary/aromatic N) is 1. The van der Waals surface area contributed by atoms with Gasteiger partial charge >= 0.3 is 0 Å². The Morgan fingerprint density at radius 1 is 1.59 bits per heavy atom. The minimum absolute atomic E-state index is 0.0625. The van der Waals surface area contributed by atoms with Crippen LogP contribution in [0.25, 0.3) is 0 Å². The van der Waals surface area contributed by atoms with Crippen LogP contribution >= 0.6 is 0 Å². The van der Waals surface area contributed by atoms with Gasteiger partial charge < -0.3 is 15.0 Å². The van der Waals surface area contributed by atoms with Crippen molar-refractivity contribution in [3.05, 3.63) is 37.0 Å². The fourth-order valence-corrected chi connectivity index (χ4v) is 1.66. The van der Waals surface area contributed by atoms with E-state index < -0.39 is 0 Å². The Hall–Kier alpha value is -1.39. The first-order chi connectivity index (χ1) is 8.17. The molecular formula is C13H20N2O2. The van der Waals surface area contributed by atoms with Crippen LogP contribution in [0.3, 0.4) is 0 Å². The van der Waals surface area contributed by atoms with E-state index in [1.165, 1.54) is 6.08 Å². The molecule has 0 aromatic carbocycles. The third-order valence-electron chi connectivity index (χ3n) is 2.61. The van der Waals surface area contributed by atoms with Gasteiger partial charge in [0.1, 0.15) is 0 Å². The number of hydrogen-bond acceptors (Lipinski definition) is 3. The van der Waals surface area contributed by atoms with Crippen LogP contribution in [-0.4, -0.2) is 50.2 Å². The Kier molecular flexibility index (Phi) is 5.66. The Balaban J connectivity index is 2.39. The quantitative estimate of drug-likeness (QED) is 0.565. The van der Waals surface area contributed by atoms with Crippen LogP contribution in [0.5, 0.6) is 0 Å². The van der Waals surface area contributed by atoms with Gasteiger partial charge in [0.05, 0.1) is 12.7 Å². The van der Waals surface area contributed by atoms with Crippen LogP contribution in [0.2, 0.25) is 0 Å². The molecule has 4 heteroatoms. The van der Waals surface area contributed by atoms with Gasteiger partial charge in [-0.2, -0.15) is 0 Å². The third kappa shape index (κ3) is 4.54. The molecule has 0 saturated carbocycles. The van der Waals surface area contributed by atoms with Gasteiger partial charge in [0.2, 0.25) is 0 Å². The molecule has 1 unspecified atom stereocenters. The molecule has 17 heavy (non-hydrogen) atoms. The molecule has 1 N–H and O–H groups in total. The summed E-state index contributed by atoms with van der Waals surface area (Å²) in [5.41, 5.74) is 0.518. The SMILES string of the molecule is C=C/C=C(\C=C)C(=O)NCC1CN(C)CCO1. The maximum absolute atomic E-state index is 11.7. The molecule has 1 aliphatic rings. The van der Waals surface area contributed by atoms with Crippen molar-refractivity contribution in [3.8, 4) is 0 Å². The minimum atomic E-state index is -0.142. The summed E-state index contributed by atoms with van der Waals surface area (Å²) in [6.07, 6.45) is 4.79. The number of hydrogen-bond donors (Lipinski definition) is 1. The monoisotopic (exact) mass is 236 g/mol. The van der Waals surface area contributed by atoms with E-state index in [4.69, 9.17) is 4.74 Å². The molecule has 0 bridgehead atoms. The lowest BCUT2D eigenvalue weighted by Gasteiger charge is -2.30. The summed E-state index contributed by atoms with van der Waals surface area (Å²) >= 11 is 0. The highest BCUT2D eigenvalue weighted by atomic mass is 16.5. The highest BCUT2D eigenvalue weighted by molar-refractivity contribution is 5.96. The molecule has 0 aliphatic carbocycles. The topological polar surface area (TPSA) is 41.6 Å². The lowest BCUT2D eigenvalue weighted by molar-refractivity contribution is -0.118. The Morgan fingerprint density at radius 2 is 2.35 bits per heavy atom. The fourth-order valence-electron chi connectivity index (χ4n) is 1.66. The zero-order chi connectivity index (χ0) is 12.7. The van der Waals surface area contributed by atoms with Crippen LogP contribution in [0, 0.1) is 0 Å². The summed E-state index contributed by atoms with van der Waals surface area (Å²) in [4.78, 5) is 13.9. The van der Waals surface area contributed by atoms with Crippen molar-refractivity contribution in [1.82, 2.24) is 10.2 Å². The first-order valence-corrected chi connectivity index (χ1v) is 5.71. The molecule has 1 aliphatic heterocycles. The summed E-state index contributed by atoms with van der Waals surface area (Å²) in [6.45, 7) is 10.2. The van der Waals surface area contributed by atoms with E-state index in [0.29, 0.717) is 18.7 Å². The molecule has 1 heterocycles. The molecule has 1 rings (SSSR count). The second-order valence-electron chi connectivity index (χ2n) is 4.03. The molecule has 1 saturated heterocycles. The van der Waals surface area contributed by atoms with Crippen LogP contribution in [0.1, 0.15) is 0 Å². The van der Waals surface area contributed by atoms with Gasteiger partial charge in [0.25, 0.3) is 5.91 Å². The zero-order valence-electron chi connectivity index (χ0n) is 10.3. The van der Waals surface area contributed by atoms with Gasteiger partial charge in [-0.15, -0.1) is 0 Å². The summed E-state index contributed by atoms with van der Waals surface area (Å²) in [7, 11) is 2.05. The number of ether oxygens (including phenoxy) is 1. The molecule has 4 nitrogen and oxygen atoms in total. The number of allylic oxidation sites excluding steroid dienone is 2. The fraction of sp³-hybridized carbons (Fsp3) is 0.462. The highest BCUT2D eigenvalue weighted by Crippen LogP contribution is 2.02. The number of nitrogens with one attached hydrogen (secondary N) is 1. The van der Waals surface area contributed by atoms with Crippen molar-refractivity contribution < 1.29 is 9.53 Å². The molecule has 0 spiro atoms. The van der Waals surface area contributed by atoms with E-state index in [0.717, 1.165) is 13.1 Å². The third-order valence-corrected chi connectivity index (χ3v) is 2.61. The minimum Gasteiger partial charge on any atom is -0.374 e. The van der Waals surface area contributed by atoms with Crippen LogP contribution in [0.15, 0.2) is 37.0 Å². The van der Waals surface area contributed by atoms with Crippen molar-refractivity contribution in [2.24, 2.45) is 0 Å². The van der Waals surface area contributed by atoms with Crippen molar-refractivity contribution in [1.29, 1.82) is 0 Å². The molecule has 0 radical (unpaired) electrons. The van der Waals surface area contributed by atoms with Crippen LogP contribution in [0.4, 0.5) is 0 Å². The first-order valence-electron chi connectivity index (χ1n) is 5.71. The molecule has 1 fully saturated rings. The predicted octanol–water partition coefficient (Wildman–Crippen LogP) is 0.732. The van der Waals surface area contributed by atoms with E-state index in [-0.39, 0.29) is 12.0 Å². The number of amides is 1. The van der Waals surface area contributed by atoms with E-state index >= 15 is 0 Å². The van der Waals surface area contributed by atoms with Gasteiger partial charge in [0.15, 0.2) is 0 Å². The predicted molar refractivity (Wildman–Crippen MR) is 68.7 cm³/mol. The number of morpholine rings is 1. The maximum atomic E-state index is 11.7. The van der Waals surface area contributed by atoms with Gasteiger partial charge in [0, 0.05) is 25.2 Å². The molecular weight excluding hydrogens is 216 g/mol. The van der Waals surface area contributed by atoms with E-state index in [1.807, 2.05) is 7.05 Å². The number of likely N-dealkylation sites (N-methyl/N-ethyl adjacent to an activating group) is 1. The van der Waals surface area contributed by atoms with Crippen molar-refractivity contribution >= 4 is 5.91 Å². The largest absolute Gasteiger partial charge is 0.374 e. The van der Waals surface area contributed by atoms with E-state index in [9.17, 15) is 4.79 Å². The highest BCUT2D eigenvalue weighted by Gasteiger charge is 2.18. The standard InChI is InChI=1S/C13H20N2O2/c1-4-6-11(5-2)13(16)14-9-12-10-15(3)7-8-17-12/h4-6,12H,1-2,7-10H2,3H3,(H,14,16)/b11-6+. The van der Waals surface area contributed by atoms with Crippen LogP contribution in [-0.2, 0) is 9.53 Å². The second kappa shape index (κ2) is 7.04. The van der Waals surface area contributed by atoms with E-state index in [2.05, 4.69) is 23.4 Å². The molecule has 0 aromatic heterocycles. The summed E-state index contributed by atoms with van der Waals surface area (Å²) in [5, 5.41) is 2.83. The van der Waals surface area contributed by atoms with Crippen molar-refractivity contribution in [2.75, 3.05) is 33.3 Å². The average molecular weight is 236 g/mol. The Labute approximate surface area is 103 Å². The average Bonchev–Trinajstić information content (AvgIpc) is 2.33. The number of rotatable bonds is 5. The van der Waals surface area contributed by atoms with Gasteiger partial charge in [-0.3, -0.25) is 4.79 Å². The van der Waals surface area contributed by atoms with Crippen molar-refractivity contribution in [3.63, 3.8) is 0 Å². The molecule has 1 amide bonds. The van der Waals surface area contributed by atoms with Gasteiger partial charge in [-0.25, -0.2) is 0 Å². The smallest absolute Gasteiger partial charge is 0.251 e. The molecule has 0 aromatic rings.